The first kappa shape index (κ1) is 10.6. The van der Waals surface area contributed by atoms with Crippen LogP contribution in [0.2, 0.25) is 0 Å². The van der Waals surface area contributed by atoms with Gasteiger partial charge in [-0.05, 0) is 42.3 Å². The quantitative estimate of drug-likeness (QED) is 0.784. The summed E-state index contributed by atoms with van der Waals surface area (Å²) in [7, 11) is 0. The summed E-state index contributed by atoms with van der Waals surface area (Å²) in [5.41, 5.74) is 8.56. The molecule has 0 spiro atoms. The molecule has 0 aliphatic carbocycles. The van der Waals surface area contributed by atoms with Crippen molar-refractivity contribution in [3.63, 3.8) is 0 Å². The van der Waals surface area contributed by atoms with Crippen LogP contribution >= 0.6 is 0 Å². The van der Waals surface area contributed by atoms with Crippen molar-refractivity contribution in [2.75, 3.05) is 5.73 Å². The fourth-order valence-electron chi connectivity index (χ4n) is 1.57. The molecular weight excluding hydrogens is 203 g/mol. The first-order chi connectivity index (χ1) is 7.66. The molecule has 0 radical (unpaired) electrons. The van der Waals surface area contributed by atoms with Gasteiger partial charge in [-0.15, -0.1) is 0 Å². The summed E-state index contributed by atoms with van der Waals surface area (Å²) < 4.78 is 13.6. The highest BCUT2D eigenvalue weighted by atomic mass is 19.1. The molecule has 1 aromatic heterocycles. The Hall–Kier alpha value is -1.90. The number of nitrogens with two attached hydrogens (primary N) is 1. The maximum Gasteiger partial charge on any atom is 0.127 e. The Balaban J connectivity index is 2.32. The maximum atomic E-state index is 13.6. The number of hydrogen-bond acceptors (Lipinski definition) is 2. The standard InChI is InChI=1S/C13H13FN2/c1-9-6-12(14)10(8-13(9)15)7-11-4-2-3-5-16-11/h2-6,8H,7,15H2,1H3. The first-order valence-electron chi connectivity index (χ1n) is 5.11. The summed E-state index contributed by atoms with van der Waals surface area (Å²) in [5, 5.41) is 0. The van der Waals surface area contributed by atoms with Gasteiger partial charge in [-0.1, -0.05) is 6.07 Å². The van der Waals surface area contributed by atoms with Crippen LogP contribution in [-0.4, -0.2) is 4.98 Å². The Morgan fingerprint density at radius 1 is 1.31 bits per heavy atom. The number of rotatable bonds is 2. The lowest BCUT2D eigenvalue weighted by Gasteiger charge is -2.06. The monoisotopic (exact) mass is 216 g/mol. The van der Waals surface area contributed by atoms with Crippen molar-refractivity contribution in [3.05, 3.63) is 59.2 Å². The molecule has 0 aliphatic heterocycles. The molecule has 0 bridgehead atoms. The molecule has 0 saturated heterocycles. The van der Waals surface area contributed by atoms with Gasteiger partial charge in [-0.25, -0.2) is 4.39 Å². The second-order valence-electron chi connectivity index (χ2n) is 3.80. The van der Waals surface area contributed by atoms with Gasteiger partial charge < -0.3 is 5.73 Å². The minimum atomic E-state index is -0.225. The van der Waals surface area contributed by atoms with Crippen LogP contribution in [0.5, 0.6) is 0 Å². The second-order valence-corrected chi connectivity index (χ2v) is 3.80. The topological polar surface area (TPSA) is 38.9 Å². The lowest BCUT2D eigenvalue weighted by Crippen LogP contribution is -1.99. The molecule has 0 unspecified atom stereocenters. The summed E-state index contributed by atoms with van der Waals surface area (Å²) >= 11 is 0. The fraction of sp³-hybridized carbons (Fsp3) is 0.154. The third-order valence-electron chi connectivity index (χ3n) is 2.53. The van der Waals surface area contributed by atoms with Gasteiger partial charge in [0, 0.05) is 24.0 Å². The van der Waals surface area contributed by atoms with Gasteiger partial charge in [0.25, 0.3) is 0 Å². The Morgan fingerprint density at radius 3 is 2.81 bits per heavy atom. The van der Waals surface area contributed by atoms with Crippen molar-refractivity contribution in [2.24, 2.45) is 0 Å². The molecule has 2 N–H and O–H groups in total. The number of hydrogen-bond donors (Lipinski definition) is 1. The molecule has 0 amide bonds. The molecule has 2 nitrogen and oxygen atoms in total. The van der Waals surface area contributed by atoms with E-state index in [-0.39, 0.29) is 5.82 Å². The van der Waals surface area contributed by atoms with Gasteiger partial charge in [-0.3, -0.25) is 4.98 Å². The lowest BCUT2D eigenvalue weighted by molar-refractivity contribution is 0.612. The average molecular weight is 216 g/mol. The van der Waals surface area contributed by atoms with Crippen molar-refractivity contribution < 1.29 is 4.39 Å². The van der Waals surface area contributed by atoms with Crippen molar-refractivity contribution in [1.82, 2.24) is 4.98 Å². The van der Waals surface area contributed by atoms with E-state index in [0.717, 1.165) is 11.3 Å². The number of nitrogen functional groups attached to an aromatic ring is 1. The van der Waals surface area contributed by atoms with Crippen molar-refractivity contribution in [1.29, 1.82) is 0 Å². The highest BCUT2D eigenvalue weighted by Crippen LogP contribution is 2.19. The molecule has 16 heavy (non-hydrogen) atoms. The van der Waals surface area contributed by atoms with Crippen molar-refractivity contribution >= 4 is 5.69 Å². The number of aryl methyl sites for hydroxylation is 1. The summed E-state index contributed by atoms with van der Waals surface area (Å²) in [6.45, 7) is 1.79. The predicted octanol–water partition coefficient (Wildman–Crippen LogP) is 2.70. The zero-order valence-electron chi connectivity index (χ0n) is 9.07. The molecule has 2 aromatic rings. The summed E-state index contributed by atoms with van der Waals surface area (Å²) in [6.07, 6.45) is 2.17. The van der Waals surface area contributed by atoms with E-state index in [1.54, 1.807) is 19.2 Å². The van der Waals surface area contributed by atoms with Gasteiger partial charge in [0.05, 0.1) is 0 Å². The van der Waals surface area contributed by atoms with Crippen molar-refractivity contribution in [2.45, 2.75) is 13.3 Å². The van der Waals surface area contributed by atoms with Gasteiger partial charge in [0.2, 0.25) is 0 Å². The molecule has 82 valence electrons. The van der Waals surface area contributed by atoms with Gasteiger partial charge in [0.15, 0.2) is 0 Å². The summed E-state index contributed by atoms with van der Waals surface area (Å²) in [6, 6.07) is 8.74. The van der Waals surface area contributed by atoms with E-state index in [4.69, 9.17) is 5.73 Å². The van der Waals surface area contributed by atoms with Gasteiger partial charge in [-0.2, -0.15) is 0 Å². The molecule has 2 rings (SSSR count). The van der Waals surface area contributed by atoms with E-state index in [9.17, 15) is 4.39 Å². The zero-order valence-corrected chi connectivity index (χ0v) is 9.07. The van der Waals surface area contributed by atoms with Gasteiger partial charge in [0.1, 0.15) is 5.82 Å². The van der Waals surface area contributed by atoms with Crippen LogP contribution < -0.4 is 5.73 Å². The number of anilines is 1. The second kappa shape index (κ2) is 4.31. The normalized spacial score (nSPS) is 10.4. The summed E-state index contributed by atoms with van der Waals surface area (Å²) in [4.78, 5) is 4.16. The Bertz CT molecular complexity index is 495. The third-order valence-corrected chi connectivity index (χ3v) is 2.53. The van der Waals surface area contributed by atoms with Crippen LogP contribution in [-0.2, 0) is 6.42 Å². The molecule has 3 heteroatoms. The molecule has 0 fully saturated rings. The minimum absolute atomic E-state index is 0.225. The van der Waals surface area contributed by atoms with Crippen LogP contribution in [0, 0.1) is 12.7 Å². The minimum Gasteiger partial charge on any atom is -0.399 e. The van der Waals surface area contributed by atoms with E-state index in [0.29, 0.717) is 17.7 Å². The van der Waals surface area contributed by atoms with E-state index in [1.807, 2.05) is 18.2 Å². The molecule has 0 atom stereocenters. The Labute approximate surface area is 93.9 Å². The fourth-order valence-corrected chi connectivity index (χ4v) is 1.57. The van der Waals surface area contributed by atoms with Crippen LogP contribution in [0.3, 0.4) is 0 Å². The molecular formula is C13H13FN2. The molecule has 1 heterocycles. The smallest absolute Gasteiger partial charge is 0.127 e. The van der Waals surface area contributed by atoms with E-state index in [1.165, 1.54) is 6.07 Å². The van der Waals surface area contributed by atoms with Crippen LogP contribution in [0.15, 0.2) is 36.5 Å². The predicted molar refractivity (Wildman–Crippen MR) is 62.6 cm³/mol. The number of aromatic nitrogens is 1. The maximum absolute atomic E-state index is 13.6. The Morgan fingerprint density at radius 2 is 2.12 bits per heavy atom. The van der Waals surface area contributed by atoms with E-state index < -0.39 is 0 Å². The van der Waals surface area contributed by atoms with Crippen molar-refractivity contribution in [3.8, 4) is 0 Å². The molecule has 0 saturated carbocycles. The van der Waals surface area contributed by atoms with E-state index >= 15 is 0 Å². The highest BCUT2D eigenvalue weighted by Gasteiger charge is 2.06. The summed E-state index contributed by atoms with van der Waals surface area (Å²) in [5.74, 6) is -0.225. The molecule has 0 aliphatic rings. The Kier molecular flexibility index (Phi) is 2.86. The molecule has 1 aromatic carbocycles. The van der Waals surface area contributed by atoms with Gasteiger partial charge >= 0.3 is 0 Å². The largest absolute Gasteiger partial charge is 0.399 e. The van der Waals surface area contributed by atoms with E-state index in [2.05, 4.69) is 4.98 Å². The number of pyridine rings is 1. The number of halogens is 1. The SMILES string of the molecule is Cc1cc(F)c(Cc2ccccn2)cc1N. The van der Waals surface area contributed by atoms with Crippen LogP contribution in [0.4, 0.5) is 10.1 Å². The van der Waals surface area contributed by atoms with Crippen LogP contribution in [0.25, 0.3) is 0 Å². The lowest BCUT2D eigenvalue weighted by atomic mass is 10.0. The average Bonchev–Trinajstić information content (AvgIpc) is 2.27. The third kappa shape index (κ3) is 2.19. The number of benzene rings is 1. The van der Waals surface area contributed by atoms with Crippen LogP contribution in [0.1, 0.15) is 16.8 Å². The first-order valence-corrected chi connectivity index (χ1v) is 5.11. The highest BCUT2D eigenvalue weighted by molar-refractivity contribution is 5.49. The zero-order chi connectivity index (χ0) is 11.5. The number of nitrogens with zero attached hydrogens (tertiary/aromatic N) is 1.